The van der Waals surface area contributed by atoms with Crippen LogP contribution in [0.4, 0.5) is 4.39 Å². The number of para-hydroxylation sites is 1. The molecule has 0 aliphatic carbocycles. The second kappa shape index (κ2) is 9.67. The van der Waals surface area contributed by atoms with Crippen LogP contribution in [0.1, 0.15) is 35.3 Å². The molecule has 2 aromatic carbocycles. The van der Waals surface area contributed by atoms with Gasteiger partial charge in [-0.25, -0.2) is 4.39 Å². The third-order valence-corrected chi connectivity index (χ3v) is 6.21. The van der Waals surface area contributed by atoms with Crippen molar-refractivity contribution in [3.63, 3.8) is 0 Å². The minimum atomic E-state index is -0.299. The topological polar surface area (TPSA) is 37.3 Å². The number of halogens is 2. The van der Waals surface area contributed by atoms with Gasteiger partial charge in [-0.15, -0.1) is 0 Å². The van der Waals surface area contributed by atoms with Crippen LogP contribution in [0.3, 0.4) is 0 Å². The molecule has 1 saturated heterocycles. The molecule has 1 N–H and O–H groups in total. The van der Waals surface area contributed by atoms with Crippen LogP contribution >= 0.6 is 11.6 Å². The zero-order valence-electron chi connectivity index (χ0n) is 17.7. The minimum absolute atomic E-state index is 0.108. The summed E-state index contributed by atoms with van der Waals surface area (Å²) < 4.78 is 15.5. The smallest absolute Gasteiger partial charge is 0.253 e. The lowest BCUT2D eigenvalue weighted by Gasteiger charge is -2.26. The fourth-order valence-corrected chi connectivity index (χ4v) is 4.44. The highest BCUT2D eigenvalue weighted by Crippen LogP contribution is 2.32. The molecule has 0 atom stereocenters. The van der Waals surface area contributed by atoms with Crippen molar-refractivity contribution < 1.29 is 9.18 Å². The number of carbonyl (C=O) groups is 1. The van der Waals surface area contributed by atoms with Crippen LogP contribution in [0.5, 0.6) is 0 Å². The lowest BCUT2D eigenvalue weighted by atomic mass is 10.1. The molecule has 1 aromatic heterocycles. The monoisotopic (exact) mass is 439 g/mol. The second-order valence-electron chi connectivity index (χ2n) is 7.98. The number of amides is 1. The van der Waals surface area contributed by atoms with Crippen LogP contribution in [-0.4, -0.2) is 41.6 Å². The number of likely N-dealkylation sites (tertiary alicyclic amines) is 1. The predicted molar refractivity (Wildman–Crippen MR) is 124 cm³/mol. The molecule has 2 heterocycles. The Morgan fingerprint density at radius 3 is 2.48 bits per heavy atom. The van der Waals surface area contributed by atoms with E-state index in [4.69, 9.17) is 11.6 Å². The van der Waals surface area contributed by atoms with E-state index in [1.54, 1.807) is 12.1 Å². The average Bonchev–Trinajstić information content (AvgIpc) is 3.12. The maximum absolute atomic E-state index is 13.5. The minimum Gasteiger partial charge on any atom is -0.351 e. The molecule has 4 nitrogen and oxygen atoms in total. The Bertz CT molecular complexity index is 1060. The van der Waals surface area contributed by atoms with Crippen molar-refractivity contribution in [1.82, 2.24) is 14.8 Å². The van der Waals surface area contributed by atoms with Gasteiger partial charge in [-0.2, -0.15) is 0 Å². The van der Waals surface area contributed by atoms with Gasteiger partial charge in [-0.05, 0) is 80.9 Å². The largest absolute Gasteiger partial charge is 0.351 e. The molecular weight excluding hydrogens is 413 g/mol. The molecule has 1 aliphatic rings. The summed E-state index contributed by atoms with van der Waals surface area (Å²) in [5.74, 6) is -0.407. The predicted octanol–water partition coefficient (Wildman–Crippen LogP) is 5.46. The highest BCUT2D eigenvalue weighted by atomic mass is 35.5. The second-order valence-corrected chi connectivity index (χ2v) is 8.39. The standard InChI is InChI=1S/C25H27ClFN3O/c1-18-21(25(31)28-13-16-29-14-5-2-6-15-29)17-24(19-9-11-20(27)12-10-19)30(18)23-8-4-3-7-22(23)26/h3-4,7-12,17H,2,5-6,13-16H2,1H3,(H,28,31). The average molecular weight is 440 g/mol. The molecule has 0 radical (unpaired) electrons. The van der Waals surface area contributed by atoms with E-state index in [2.05, 4.69) is 10.2 Å². The molecule has 4 rings (SSSR count). The lowest BCUT2D eigenvalue weighted by Crippen LogP contribution is -2.37. The first kappa shape index (κ1) is 21.6. The number of piperidine rings is 1. The molecule has 0 spiro atoms. The Labute approximate surface area is 187 Å². The van der Waals surface area contributed by atoms with Gasteiger partial charge in [0.25, 0.3) is 5.91 Å². The van der Waals surface area contributed by atoms with Crippen molar-refractivity contribution in [2.24, 2.45) is 0 Å². The Kier molecular flexibility index (Phi) is 6.73. The van der Waals surface area contributed by atoms with E-state index in [-0.39, 0.29) is 11.7 Å². The summed E-state index contributed by atoms with van der Waals surface area (Å²) in [5, 5.41) is 3.65. The summed E-state index contributed by atoms with van der Waals surface area (Å²) in [7, 11) is 0. The number of aromatic nitrogens is 1. The maximum Gasteiger partial charge on any atom is 0.253 e. The summed E-state index contributed by atoms with van der Waals surface area (Å²) in [4.78, 5) is 15.4. The van der Waals surface area contributed by atoms with Gasteiger partial charge < -0.3 is 14.8 Å². The number of hydrogen-bond acceptors (Lipinski definition) is 2. The Morgan fingerprint density at radius 2 is 1.77 bits per heavy atom. The van der Waals surface area contributed by atoms with Gasteiger partial charge in [0, 0.05) is 18.8 Å². The quantitative estimate of drug-likeness (QED) is 0.553. The summed E-state index contributed by atoms with van der Waals surface area (Å²) in [5.41, 5.74) is 3.79. The SMILES string of the molecule is Cc1c(C(=O)NCCN2CCCCC2)cc(-c2ccc(F)cc2)n1-c1ccccc1Cl. The van der Waals surface area contributed by atoms with E-state index in [1.165, 1.54) is 31.4 Å². The molecule has 1 amide bonds. The van der Waals surface area contributed by atoms with Gasteiger partial charge in [0.1, 0.15) is 5.82 Å². The van der Waals surface area contributed by atoms with Crippen LogP contribution in [0, 0.1) is 12.7 Å². The van der Waals surface area contributed by atoms with Crippen LogP contribution in [0.25, 0.3) is 16.9 Å². The normalized spacial score (nSPS) is 14.5. The third kappa shape index (κ3) is 4.83. The molecule has 1 fully saturated rings. The molecular formula is C25H27ClFN3O. The van der Waals surface area contributed by atoms with Crippen LogP contribution in [0.15, 0.2) is 54.6 Å². The summed E-state index contributed by atoms with van der Waals surface area (Å²) in [6, 6.07) is 15.7. The fraction of sp³-hybridized carbons (Fsp3) is 0.320. The molecule has 0 saturated carbocycles. The summed E-state index contributed by atoms with van der Waals surface area (Å²) in [6.45, 7) is 5.59. The number of carbonyl (C=O) groups excluding carboxylic acids is 1. The van der Waals surface area contributed by atoms with Gasteiger partial charge in [-0.1, -0.05) is 30.2 Å². The number of benzene rings is 2. The molecule has 31 heavy (non-hydrogen) atoms. The van der Waals surface area contributed by atoms with Crippen LogP contribution in [0.2, 0.25) is 5.02 Å². The van der Waals surface area contributed by atoms with Crippen molar-refractivity contribution in [1.29, 1.82) is 0 Å². The third-order valence-electron chi connectivity index (χ3n) is 5.89. The van der Waals surface area contributed by atoms with E-state index in [1.807, 2.05) is 41.8 Å². The zero-order valence-corrected chi connectivity index (χ0v) is 18.5. The molecule has 1 aliphatic heterocycles. The first-order chi connectivity index (χ1) is 15.0. The molecule has 0 unspecified atom stereocenters. The number of hydrogen-bond donors (Lipinski definition) is 1. The van der Waals surface area contributed by atoms with E-state index in [0.717, 1.165) is 42.3 Å². The van der Waals surface area contributed by atoms with E-state index in [9.17, 15) is 9.18 Å². The van der Waals surface area contributed by atoms with Crippen molar-refractivity contribution >= 4 is 17.5 Å². The maximum atomic E-state index is 13.5. The Balaban J connectivity index is 1.63. The first-order valence-corrected chi connectivity index (χ1v) is 11.2. The fourth-order valence-electron chi connectivity index (χ4n) is 4.22. The van der Waals surface area contributed by atoms with E-state index in [0.29, 0.717) is 17.1 Å². The molecule has 162 valence electrons. The van der Waals surface area contributed by atoms with Crippen LogP contribution in [-0.2, 0) is 0 Å². The van der Waals surface area contributed by atoms with Gasteiger partial charge in [0.15, 0.2) is 0 Å². The van der Waals surface area contributed by atoms with Crippen molar-refractivity contribution in [3.8, 4) is 16.9 Å². The van der Waals surface area contributed by atoms with Crippen molar-refractivity contribution in [2.75, 3.05) is 26.2 Å². The summed E-state index contributed by atoms with van der Waals surface area (Å²) in [6.07, 6.45) is 3.76. The van der Waals surface area contributed by atoms with Gasteiger partial charge in [0.05, 0.1) is 22.0 Å². The van der Waals surface area contributed by atoms with Crippen molar-refractivity contribution in [3.05, 3.63) is 76.7 Å². The molecule has 3 aromatic rings. The van der Waals surface area contributed by atoms with Gasteiger partial charge in [-0.3, -0.25) is 4.79 Å². The van der Waals surface area contributed by atoms with Gasteiger partial charge in [0.2, 0.25) is 0 Å². The van der Waals surface area contributed by atoms with Crippen molar-refractivity contribution in [2.45, 2.75) is 26.2 Å². The number of rotatable bonds is 6. The first-order valence-electron chi connectivity index (χ1n) is 10.8. The van der Waals surface area contributed by atoms with Gasteiger partial charge >= 0.3 is 0 Å². The Morgan fingerprint density at radius 1 is 1.06 bits per heavy atom. The van der Waals surface area contributed by atoms with Crippen LogP contribution < -0.4 is 5.32 Å². The number of nitrogens with zero attached hydrogens (tertiary/aromatic N) is 2. The van der Waals surface area contributed by atoms with E-state index >= 15 is 0 Å². The summed E-state index contributed by atoms with van der Waals surface area (Å²) >= 11 is 6.49. The zero-order chi connectivity index (χ0) is 21.8. The van der Waals surface area contributed by atoms with E-state index < -0.39 is 0 Å². The Hall–Kier alpha value is -2.63. The lowest BCUT2D eigenvalue weighted by molar-refractivity contribution is 0.0946. The highest BCUT2D eigenvalue weighted by Gasteiger charge is 2.21. The number of nitrogens with one attached hydrogen (secondary N) is 1. The molecule has 0 bridgehead atoms. The molecule has 6 heteroatoms. The highest BCUT2D eigenvalue weighted by molar-refractivity contribution is 6.32.